The molecule has 1 aliphatic carbocycles. The van der Waals surface area contributed by atoms with Gasteiger partial charge in [0.2, 0.25) is 11.8 Å². The number of alkyl halides is 2. The van der Waals surface area contributed by atoms with E-state index < -0.39 is 24.2 Å². The van der Waals surface area contributed by atoms with E-state index in [1.54, 1.807) is 18.1 Å². The molecule has 1 aliphatic rings. The summed E-state index contributed by atoms with van der Waals surface area (Å²) in [5, 5.41) is 11.3. The van der Waals surface area contributed by atoms with Gasteiger partial charge in [-0.15, -0.1) is 11.8 Å². The van der Waals surface area contributed by atoms with Gasteiger partial charge in [-0.2, -0.15) is 5.26 Å². The van der Waals surface area contributed by atoms with E-state index in [1.807, 2.05) is 48.7 Å². The molecule has 2 unspecified atom stereocenters. The van der Waals surface area contributed by atoms with Crippen molar-refractivity contribution in [3.8, 4) is 17.2 Å². The van der Waals surface area contributed by atoms with E-state index in [0.29, 0.717) is 0 Å². The van der Waals surface area contributed by atoms with Gasteiger partial charge in [0.1, 0.15) is 6.54 Å². The molecular formula is C26H26F2N4OS. The average Bonchev–Trinajstić information content (AvgIpc) is 3.36. The quantitative estimate of drug-likeness (QED) is 0.326. The Kier molecular flexibility index (Phi) is 7.63. The van der Waals surface area contributed by atoms with Crippen LogP contribution < -0.4 is 5.32 Å². The number of aryl methyl sites for hydroxylation is 1. The number of hydrogen-bond acceptors (Lipinski definition) is 4. The molecule has 8 heteroatoms. The molecule has 0 saturated heterocycles. The van der Waals surface area contributed by atoms with Gasteiger partial charge in [0.15, 0.2) is 0 Å². The number of imidazole rings is 1. The van der Waals surface area contributed by atoms with Gasteiger partial charge >= 0.3 is 0 Å². The Bertz CT molecular complexity index is 1140. The first kappa shape index (κ1) is 24.0. The fourth-order valence-corrected chi connectivity index (χ4v) is 5.44. The Hall–Kier alpha value is -3.18. The monoisotopic (exact) mass is 480 g/mol. The van der Waals surface area contributed by atoms with Crippen molar-refractivity contribution in [1.82, 2.24) is 15.3 Å². The highest BCUT2D eigenvalue weighted by molar-refractivity contribution is 7.99. The molecule has 2 aromatic carbocycles. The summed E-state index contributed by atoms with van der Waals surface area (Å²) in [7, 11) is 0. The molecule has 2 atom stereocenters. The number of nitriles is 1. The first-order valence-corrected chi connectivity index (χ1v) is 12.3. The van der Waals surface area contributed by atoms with E-state index in [0.717, 1.165) is 39.5 Å². The highest BCUT2D eigenvalue weighted by Gasteiger charge is 2.45. The molecule has 4 rings (SSSR count). The van der Waals surface area contributed by atoms with Crippen molar-refractivity contribution in [3.63, 3.8) is 0 Å². The molecular weight excluding hydrogens is 454 g/mol. The van der Waals surface area contributed by atoms with Gasteiger partial charge in [0.25, 0.3) is 0 Å². The molecule has 1 aromatic heterocycles. The summed E-state index contributed by atoms with van der Waals surface area (Å²) in [5.41, 5.74) is 3.94. The van der Waals surface area contributed by atoms with E-state index in [9.17, 15) is 13.6 Å². The number of carbonyl (C=O) groups excluding carboxylic acids is 1. The summed E-state index contributed by atoms with van der Waals surface area (Å²) in [6, 6.07) is 17.8. The normalized spacial score (nSPS) is 19.3. The third-order valence-corrected chi connectivity index (χ3v) is 7.24. The number of benzene rings is 2. The van der Waals surface area contributed by atoms with Gasteiger partial charge in [0, 0.05) is 35.4 Å². The fourth-order valence-electron chi connectivity index (χ4n) is 4.55. The first-order chi connectivity index (χ1) is 16.5. The molecule has 0 aliphatic heterocycles. The van der Waals surface area contributed by atoms with Crippen molar-refractivity contribution in [1.29, 1.82) is 5.26 Å². The Morgan fingerprint density at radius 3 is 2.76 bits per heavy atom. The minimum absolute atomic E-state index is 0.186. The highest BCUT2D eigenvalue weighted by Crippen LogP contribution is 2.47. The summed E-state index contributed by atoms with van der Waals surface area (Å²) in [6.07, 6.45) is 3.87. The maximum Gasteiger partial charge on any atom is 0.249 e. The van der Waals surface area contributed by atoms with Gasteiger partial charge in [-0.05, 0) is 47.6 Å². The number of nitrogens with one attached hydrogen (secondary N) is 2. The summed E-state index contributed by atoms with van der Waals surface area (Å²) < 4.78 is 28.5. The first-order valence-electron chi connectivity index (χ1n) is 11.3. The number of H-pyrrole nitrogens is 1. The lowest BCUT2D eigenvalue weighted by molar-refractivity contribution is -0.133. The number of nitrogens with zero attached hydrogens (tertiary/aromatic N) is 2. The van der Waals surface area contributed by atoms with Crippen LogP contribution in [0.25, 0.3) is 11.1 Å². The SMILES string of the molecule is N#CCNC(=O)C1CC(F)(F)CCC1c1ccccc1-c1ccc(SCCc2cnc[nH]2)cc1. The van der Waals surface area contributed by atoms with Crippen molar-refractivity contribution < 1.29 is 13.6 Å². The van der Waals surface area contributed by atoms with Gasteiger partial charge in [-0.25, -0.2) is 13.8 Å². The van der Waals surface area contributed by atoms with Crippen molar-refractivity contribution in [2.24, 2.45) is 5.92 Å². The van der Waals surface area contributed by atoms with Crippen LogP contribution in [0.2, 0.25) is 0 Å². The van der Waals surface area contributed by atoms with Gasteiger partial charge in [0.05, 0.1) is 18.3 Å². The van der Waals surface area contributed by atoms with E-state index in [1.165, 1.54) is 0 Å². The topological polar surface area (TPSA) is 81.6 Å². The van der Waals surface area contributed by atoms with Crippen molar-refractivity contribution in [2.45, 2.75) is 42.4 Å². The minimum Gasteiger partial charge on any atom is -0.348 e. The Morgan fingerprint density at radius 2 is 2.03 bits per heavy atom. The predicted octanol–water partition coefficient (Wildman–Crippen LogP) is 5.57. The maximum absolute atomic E-state index is 14.2. The lowest BCUT2D eigenvalue weighted by Crippen LogP contribution is -2.41. The summed E-state index contributed by atoms with van der Waals surface area (Å²) >= 11 is 1.76. The number of rotatable bonds is 8. The van der Waals surface area contributed by atoms with Crippen molar-refractivity contribution in [2.75, 3.05) is 12.3 Å². The molecule has 1 heterocycles. The zero-order chi connectivity index (χ0) is 24.0. The van der Waals surface area contributed by atoms with E-state index in [4.69, 9.17) is 5.26 Å². The van der Waals surface area contributed by atoms with Crippen LogP contribution in [0.3, 0.4) is 0 Å². The van der Waals surface area contributed by atoms with Crippen LogP contribution in [0.4, 0.5) is 8.78 Å². The molecule has 1 amide bonds. The van der Waals surface area contributed by atoms with Gasteiger partial charge in [-0.1, -0.05) is 36.4 Å². The third-order valence-electron chi connectivity index (χ3n) is 6.22. The van der Waals surface area contributed by atoms with Crippen molar-refractivity contribution in [3.05, 3.63) is 72.3 Å². The van der Waals surface area contributed by atoms with E-state index in [2.05, 4.69) is 27.4 Å². The number of aromatic amines is 1. The second-order valence-corrected chi connectivity index (χ2v) is 9.64. The smallest absolute Gasteiger partial charge is 0.249 e. The van der Waals surface area contributed by atoms with Crippen LogP contribution in [0, 0.1) is 17.2 Å². The molecule has 0 spiro atoms. The molecule has 1 fully saturated rings. The average molecular weight is 481 g/mol. The number of hydrogen-bond donors (Lipinski definition) is 2. The lowest BCUT2D eigenvalue weighted by atomic mass is 9.72. The van der Waals surface area contributed by atoms with Crippen LogP contribution in [0.15, 0.2) is 66.0 Å². The number of thioether (sulfide) groups is 1. The molecule has 176 valence electrons. The van der Waals surface area contributed by atoms with Crippen LogP contribution in [-0.4, -0.2) is 34.1 Å². The van der Waals surface area contributed by atoms with Gasteiger partial charge in [-0.3, -0.25) is 4.79 Å². The van der Waals surface area contributed by atoms with Crippen LogP contribution in [-0.2, 0) is 11.2 Å². The maximum atomic E-state index is 14.2. The second-order valence-electron chi connectivity index (χ2n) is 8.47. The summed E-state index contributed by atoms with van der Waals surface area (Å²) in [5.74, 6) is -3.65. The zero-order valence-electron chi connectivity index (χ0n) is 18.6. The number of carbonyl (C=O) groups is 1. The predicted molar refractivity (Wildman–Crippen MR) is 129 cm³/mol. The number of amides is 1. The summed E-state index contributed by atoms with van der Waals surface area (Å²) in [4.78, 5) is 21.0. The fraction of sp³-hybridized carbons (Fsp3) is 0.346. The van der Waals surface area contributed by atoms with E-state index >= 15 is 0 Å². The number of aromatic nitrogens is 2. The molecule has 2 N–H and O–H groups in total. The number of halogens is 2. The summed E-state index contributed by atoms with van der Waals surface area (Å²) in [6.45, 7) is -0.186. The Labute approximate surface area is 202 Å². The Morgan fingerprint density at radius 1 is 1.24 bits per heavy atom. The molecule has 34 heavy (non-hydrogen) atoms. The second kappa shape index (κ2) is 10.8. The third kappa shape index (κ3) is 5.84. The molecule has 0 radical (unpaired) electrons. The zero-order valence-corrected chi connectivity index (χ0v) is 19.5. The minimum atomic E-state index is -2.88. The largest absolute Gasteiger partial charge is 0.348 e. The lowest BCUT2D eigenvalue weighted by Gasteiger charge is -2.36. The molecule has 1 saturated carbocycles. The van der Waals surface area contributed by atoms with Crippen LogP contribution >= 0.6 is 11.8 Å². The van der Waals surface area contributed by atoms with Crippen molar-refractivity contribution >= 4 is 17.7 Å². The molecule has 3 aromatic rings. The van der Waals surface area contributed by atoms with Crippen LogP contribution in [0.1, 0.15) is 36.4 Å². The highest BCUT2D eigenvalue weighted by atomic mass is 32.2. The van der Waals surface area contributed by atoms with Crippen LogP contribution in [0.5, 0.6) is 0 Å². The standard InChI is InChI=1S/C26H26F2N4OS/c27-26(28)11-9-23(24(15-26)25(33)31-13-12-29)22-4-2-1-3-21(22)18-5-7-20(8-6-18)34-14-10-19-16-30-17-32-19/h1-8,16-17,23-24H,9-11,13-15H2,(H,30,32)(H,31,33). The molecule has 0 bridgehead atoms. The van der Waals surface area contributed by atoms with E-state index in [-0.39, 0.29) is 25.3 Å². The molecule has 5 nitrogen and oxygen atoms in total. The Balaban J connectivity index is 1.53. The van der Waals surface area contributed by atoms with Gasteiger partial charge < -0.3 is 10.3 Å².